The molecule has 202 valence electrons. The van der Waals surface area contributed by atoms with Crippen molar-refractivity contribution in [1.29, 1.82) is 0 Å². The van der Waals surface area contributed by atoms with Crippen molar-refractivity contribution in [2.75, 3.05) is 30.9 Å². The Morgan fingerprint density at radius 2 is 2.03 bits per heavy atom. The van der Waals surface area contributed by atoms with Gasteiger partial charge in [-0.2, -0.15) is 4.98 Å². The molecule has 1 aromatic carbocycles. The largest absolute Gasteiger partial charge is 0.486 e. The Kier molecular flexibility index (Phi) is 7.75. The molecule has 1 fully saturated rings. The molecule has 1 aliphatic rings. The number of nitrogens with zero attached hydrogens (tertiary/aromatic N) is 5. The highest BCUT2D eigenvalue weighted by Crippen LogP contribution is 2.23. The van der Waals surface area contributed by atoms with Crippen molar-refractivity contribution in [2.24, 2.45) is 12.8 Å². The maximum absolute atomic E-state index is 13.5. The van der Waals surface area contributed by atoms with E-state index < -0.39 is 40.0 Å². The maximum atomic E-state index is 13.5. The van der Waals surface area contributed by atoms with Gasteiger partial charge in [0.25, 0.3) is 5.56 Å². The number of nitrogens with two attached hydrogens (primary N) is 1. The van der Waals surface area contributed by atoms with Gasteiger partial charge in [0.05, 0.1) is 18.0 Å². The minimum Gasteiger partial charge on any atom is -0.486 e. The molecule has 1 atom stereocenters. The van der Waals surface area contributed by atoms with E-state index in [9.17, 15) is 22.8 Å². The zero-order valence-corrected chi connectivity index (χ0v) is 22.3. The first-order chi connectivity index (χ1) is 18.0. The third-order valence-electron chi connectivity index (χ3n) is 6.33. The van der Waals surface area contributed by atoms with Crippen LogP contribution in [0.3, 0.4) is 0 Å². The van der Waals surface area contributed by atoms with E-state index in [0.29, 0.717) is 19.0 Å². The van der Waals surface area contributed by atoms with Crippen LogP contribution in [0.2, 0.25) is 0 Å². The number of hydrogen-bond acceptors (Lipinski definition) is 9. The molecule has 13 heteroatoms. The number of carbonyl (C=O) groups excluding carboxylic acids is 1. The van der Waals surface area contributed by atoms with E-state index in [2.05, 4.69) is 16.8 Å². The van der Waals surface area contributed by atoms with Crippen LogP contribution in [0.15, 0.2) is 38.8 Å². The summed E-state index contributed by atoms with van der Waals surface area (Å²) in [5.41, 5.74) is 5.18. The van der Waals surface area contributed by atoms with Crippen LogP contribution in [0, 0.1) is 11.8 Å². The lowest BCUT2D eigenvalue weighted by Gasteiger charge is -2.31. The highest BCUT2D eigenvalue weighted by molar-refractivity contribution is 7.90. The number of ketones is 1. The molecule has 0 saturated carbocycles. The van der Waals surface area contributed by atoms with Gasteiger partial charge in [-0.3, -0.25) is 23.3 Å². The zero-order chi connectivity index (χ0) is 27.6. The summed E-state index contributed by atoms with van der Waals surface area (Å²) in [5.74, 6) is 5.91. The minimum atomic E-state index is -3.45. The number of fused-ring (bicyclic) bond motifs is 1. The molecule has 12 nitrogen and oxygen atoms in total. The fraction of sp³-hybridized carbons (Fsp3) is 0.440. The number of rotatable bonds is 8. The minimum absolute atomic E-state index is 0.0366. The van der Waals surface area contributed by atoms with E-state index in [1.807, 2.05) is 4.90 Å². The van der Waals surface area contributed by atoms with Crippen molar-refractivity contribution in [1.82, 2.24) is 18.7 Å². The number of hydrogen-bond donors (Lipinski definition) is 1. The monoisotopic (exact) mass is 542 g/mol. The molecule has 1 unspecified atom stereocenters. The predicted octanol–water partition coefficient (Wildman–Crippen LogP) is -0.101. The highest BCUT2D eigenvalue weighted by Gasteiger charge is 2.26. The summed E-state index contributed by atoms with van der Waals surface area (Å²) in [7, 11) is -1.96. The van der Waals surface area contributed by atoms with Crippen molar-refractivity contribution in [2.45, 2.75) is 43.8 Å². The summed E-state index contributed by atoms with van der Waals surface area (Å²) < 4.78 is 32.7. The van der Waals surface area contributed by atoms with Crippen LogP contribution in [-0.2, 0) is 34.8 Å². The first-order valence-electron chi connectivity index (χ1n) is 12.1. The van der Waals surface area contributed by atoms with Crippen LogP contribution in [0.25, 0.3) is 11.2 Å². The molecule has 2 N–H and O–H groups in total. The van der Waals surface area contributed by atoms with E-state index in [0.717, 1.165) is 23.7 Å². The number of piperidine rings is 1. The quantitative estimate of drug-likeness (QED) is 0.385. The Hall–Kier alpha value is -3.89. The SMILES string of the molecule is CC#CCn1c(N2CCCC(N)C2)nc2c1c(=O)n(CC(=O)COc1cccc(S(C)(=O)=O)c1)c(=O)n2C. The topological polar surface area (TPSA) is 152 Å². The Morgan fingerprint density at radius 1 is 1.26 bits per heavy atom. The molecule has 38 heavy (non-hydrogen) atoms. The summed E-state index contributed by atoms with van der Waals surface area (Å²) in [6.07, 6.45) is 2.82. The van der Waals surface area contributed by atoms with Gasteiger partial charge in [-0.1, -0.05) is 12.0 Å². The Balaban J connectivity index is 1.68. The Bertz CT molecular complexity index is 1670. The van der Waals surface area contributed by atoms with E-state index >= 15 is 0 Å². The van der Waals surface area contributed by atoms with Crippen molar-refractivity contribution < 1.29 is 17.9 Å². The second kappa shape index (κ2) is 10.8. The molecular formula is C25H30N6O6S. The Morgan fingerprint density at radius 3 is 2.71 bits per heavy atom. The standard InChI is InChI=1S/C25H30N6O6S/c1-4-5-12-30-21-22(27-24(30)29-11-7-8-17(26)14-29)28(2)25(34)31(23(21)33)15-18(32)16-37-19-9-6-10-20(13-19)38(3,35)36/h6,9-10,13,17H,7-8,11-12,14-16,26H2,1-3H3. The van der Waals surface area contributed by atoms with Gasteiger partial charge >= 0.3 is 5.69 Å². The first kappa shape index (κ1) is 27.2. The first-order valence-corrected chi connectivity index (χ1v) is 13.9. The number of anilines is 1. The highest BCUT2D eigenvalue weighted by atomic mass is 32.2. The number of carbonyl (C=O) groups is 1. The average molecular weight is 543 g/mol. The van der Waals surface area contributed by atoms with Gasteiger partial charge in [0.1, 0.15) is 12.4 Å². The van der Waals surface area contributed by atoms with Gasteiger partial charge < -0.3 is 15.4 Å². The summed E-state index contributed by atoms with van der Waals surface area (Å²) in [4.78, 5) is 46.0. The second-order valence-electron chi connectivity index (χ2n) is 9.25. The van der Waals surface area contributed by atoms with E-state index in [1.54, 1.807) is 11.5 Å². The van der Waals surface area contributed by atoms with Crippen LogP contribution >= 0.6 is 0 Å². The predicted molar refractivity (Wildman–Crippen MR) is 142 cm³/mol. The molecule has 1 aliphatic heterocycles. The smallest absolute Gasteiger partial charge is 0.332 e. The molecular weight excluding hydrogens is 512 g/mol. The molecule has 3 heterocycles. The van der Waals surface area contributed by atoms with Crippen molar-refractivity contribution in [3.63, 3.8) is 0 Å². The van der Waals surface area contributed by atoms with Gasteiger partial charge in [-0.15, -0.1) is 5.92 Å². The average Bonchev–Trinajstić information content (AvgIpc) is 3.27. The maximum Gasteiger partial charge on any atom is 0.332 e. The molecule has 4 rings (SSSR count). The fourth-order valence-electron chi connectivity index (χ4n) is 4.42. The summed E-state index contributed by atoms with van der Waals surface area (Å²) >= 11 is 0. The third kappa shape index (κ3) is 5.51. The van der Waals surface area contributed by atoms with Crippen LogP contribution in [-0.4, -0.2) is 64.9 Å². The van der Waals surface area contributed by atoms with Crippen LogP contribution in [0.5, 0.6) is 5.75 Å². The number of Topliss-reactive ketones (excluding diaryl/α,β-unsaturated/α-hetero) is 1. The summed E-state index contributed by atoms with van der Waals surface area (Å²) in [6, 6.07) is 5.70. The fourth-order valence-corrected chi connectivity index (χ4v) is 5.08. The number of imidazole rings is 1. The van der Waals surface area contributed by atoms with Crippen LogP contribution < -0.4 is 26.6 Å². The molecule has 0 radical (unpaired) electrons. The number of sulfone groups is 1. The number of benzene rings is 1. The lowest BCUT2D eigenvalue weighted by Crippen LogP contribution is -2.44. The molecule has 2 aromatic heterocycles. The Labute approximate surface area is 219 Å². The lowest BCUT2D eigenvalue weighted by atomic mass is 10.1. The van der Waals surface area contributed by atoms with Gasteiger partial charge in [0, 0.05) is 32.4 Å². The summed E-state index contributed by atoms with van der Waals surface area (Å²) in [6.45, 7) is 2.14. The zero-order valence-electron chi connectivity index (χ0n) is 21.5. The summed E-state index contributed by atoms with van der Waals surface area (Å²) in [5, 5.41) is 0. The molecule has 1 saturated heterocycles. The number of aryl methyl sites for hydroxylation is 1. The number of ether oxygens (including phenoxy) is 1. The van der Waals surface area contributed by atoms with Crippen molar-refractivity contribution >= 4 is 32.7 Å². The lowest BCUT2D eigenvalue weighted by molar-refractivity contribution is -0.121. The van der Waals surface area contributed by atoms with Crippen LogP contribution in [0.4, 0.5) is 5.95 Å². The van der Waals surface area contributed by atoms with Crippen molar-refractivity contribution in [3.8, 4) is 17.6 Å². The second-order valence-corrected chi connectivity index (χ2v) is 11.3. The normalized spacial score (nSPS) is 15.8. The van der Waals surface area contributed by atoms with Gasteiger partial charge in [-0.05, 0) is 38.0 Å². The molecule has 0 aliphatic carbocycles. The van der Waals surface area contributed by atoms with E-state index in [1.165, 1.54) is 35.9 Å². The number of aromatic nitrogens is 4. The van der Waals surface area contributed by atoms with E-state index in [4.69, 9.17) is 10.5 Å². The van der Waals surface area contributed by atoms with Gasteiger partial charge in [0.15, 0.2) is 26.8 Å². The van der Waals surface area contributed by atoms with Gasteiger partial charge in [0.2, 0.25) is 5.95 Å². The van der Waals surface area contributed by atoms with E-state index in [-0.39, 0.29) is 34.4 Å². The molecule has 0 spiro atoms. The molecule has 3 aromatic rings. The third-order valence-corrected chi connectivity index (χ3v) is 7.45. The molecule has 0 bridgehead atoms. The molecule has 0 amide bonds. The van der Waals surface area contributed by atoms with Crippen molar-refractivity contribution in [3.05, 3.63) is 45.1 Å². The van der Waals surface area contributed by atoms with Gasteiger partial charge in [-0.25, -0.2) is 13.2 Å². The van der Waals surface area contributed by atoms with Crippen LogP contribution in [0.1, 0.15) is 19.8 Å².